The minimum Gasteiger partial charge on any atom is -0.366 e. The van der Waals surface area contributed by atoms with Crippen molar-refractivity contribution in [2.24, 2.45) is 5.73 Å². The molecule has 0 saturated heterocycles. The van der Waals surface area contributed by atoms with Crippen LogP contribution in [0.15, 0.2) is 41.9 Å². The largest absolute Gasteiger partial charge is 0.366 e. The molecule has 0 saturated carbocycles. The molecule has 0 aliphatic carbocycles. The Balaban J connectivity index is 1.95. The fourth-order valence-corrected chi connectivity index (χ4v) is 3.85. The fraction of sp³-hybridized carbons (Fsp3) is 0.0625. The molecule has 0 aliphatic heterocycles. The summed E-state index contributed by atoms with van der Waals surface area (Å²) in [5.41, 5.74) is 8.99. The average molecular weight is 343 g/mol. The molecule has 2 heterocycles. The second-order valence-corrected chi connectivity index (χ2v) is 6.71. The van der Waals surface area contributed by atoms with Gasteiger partial charge in [0.1, 0.15) is 9.88 Å². The zero-order valence-electron chi connectivity index (χ0n) is 12.2. The van der Waals surface area contributed by atoms with Crippen molar-refractivity contribution < 1.29 is 9.59 Å². The van der Waals surface area contributed by atoms with Crippen LogP contribution in [-0.2, 0) is 0 Å². The van der Waals surface area contributed by atoms with Gasteiger partial charge in [-0.05, 0) is 18.6 Å². The van der Waals surface area contributed by atoms with E-state index in [1.165, 1.54) is 22.7 Å². The highest BCUT2D eigenvalue weighted by Gasteiger charge is 2.19. The summed E-state index contributed by atoms with van der Waals surface area (Å²) in [7, 11) is 0. The van der Waals surface area contributed by atoms with Crippen LogP contribution >= 0.6 is 22.7 Å². The quantitative estimate of drug-likeness (QED) is 0.760. The number of thiazole rings is 1. The highest BCUT2D eigenvalue weighted by molar-refractivity contribution is 7.20. The summed E-state index contributed by atoms with van der Waals surface area (Å²) in [5.74, 6) is -0.853. The smallest absolute Gasteiger partial charge is 0.268 e. The number of benzene rings is 1. The molecule has 3 N–H and O–H groups in total. The Morgan fingerprint density at radius 2 is 1.96 bits per heavy atom. The van der Waals surface area contributed by atoms with E-state index in [-0.39, 0.29) is 5.91 Å². The zero-order chi connectivity index (χ0) is 16.4. The van der Waals surface area contributed by atoms with E-state index in [0.29, 0.717) is 21.1 Å². The van der Waals surface area contributed by atoms with Crippen molar-refractivity contribution in [2.45, 2.75) is 6.92 Å². The number of nitrogens with two attached hydrogens (primary N) is 1. The number of carbonyl (C=O) groups is 2. The van der Waals surface area contributed by atoms with Crippen LogP contribution in [0.1, 0.15) is 25.7 Å². The van der Waals surface area contributed by atoms with Crippen LogP contribution in [0.25, 0.3) is 10.4 Å². The number of aryl methyl sites for hydroxylation is 1. The zero-order valence-corrected chi connectivity index (χ0v) is 13.8. The SMILES string of the molecule is Cc1ncsc1C(=O)Nc1sc(-c2ccccc2)cc1C(N)=O. The number of rotatable bonds is 4. The van der Waals surface area contributed by atoms with E-state index in [1.54, 1.807) is 18.5 Å². The van der Waals surface area contributed by atoms with E-state index in [4.69, 9.17) is 5.73 Å². The van der Waals surface area contributed by atoms with E-state index < -0.39 is 5.91 Å². The van der Waals surface area contributed by atoms with Crippen LogP contribution in [0.3, 0.4) is 0 Å². The van der Waals surface area contributed by atoms with Gasteiger partial charge in [0.25, 0.3) is 11.8 Å². The number of amides is 2. The van der Waals surface area contributed by atoms with Gasteiger partial charge in [-0.1, -0.05) is 30.3 Å². The predicted octanol–water partition coefficient (Wildman–Crippen LogP) is 3.53. The van der Waals surface area contributed by atoms with Gasteiger partial charge in [0.05, 0.1) is 16.8 Å². The minimum absolute atomic E-state index is 0.283. The first-order valence-corrected chi connectivity index (χ1v) is 8.46. The lowest BCUT2D eigenvalue weighted by Crippen LogP contribution is -2.16. The summed E-state index contributed by atoms with van der Waals surface area (Å²) in [5, 5.41) is 3.23. The van der Waals surface area contributed by atoms with Crippen LogP contribution in [0.4, 0.5) is 5.00 Å². The van der Waals surface area contributed by atoms with Gasteiger partial charge in [0, 0.05) is 4.88 Å². The molecular formula is C16H13N3O2S2. The standard InChI is InChI=1S/C16H13N3O2S2/c1-9-13(22-8-18-9)15(21)19-16-11(14(17)20)7-12(23-16)10-5-3-2-4-6-10/h2-8H,1H3,(H2,17,20)(H,19,21). The highest BCUT2D eigenvalue weighted by Crippen LogP contribution is 2.35. The Morgan fingerprint density at radius 1 is 1.22 bits per heavy atom. The Labute approximate surface area is 140 Å². The molecule has 0 spiro atoms. The first-order chi connectivity index (χ1) is 11.1. The molecule has 0 atom stereocenters. The van der Waals surface area contributed by atoms with Gasteiger partial charge in [-0.15, -0.1) is 22.7 Å². The molecule has 23 heavy (non-hydrogen) atoms. The maximum atomic E-state index is 12.3. The van der Waals surface area contributed by atoms with Gasteiger partial charge < -0.3 is 11.1 Å². The van der Waals surface area contributed by atoms with Crippen LogP contribution < -0.4 is 11.1 Å². The summed E-state index contributed by atoms with van der Waals surface area (Å²) in [6.45, 7) is 1.77. The number of anilines is 1. The first-order valence-electron chi connectivity index (χ1n) is 6.76. The molecule has 3 rings (SSSR count). The lowest BCUT2D eigenvalue weighted by molar-refractivity contribution is 0.100. The summed E-state index contributed by atoms with van der Waals surface area (Å²) >= 11 is 2.58. The second-order valence-electron chi connectivity index (χ2n) is 4.80. The molecular weight excluding hydrogens is 330 g/mol. The lowest BCUT2D eigenvalue weighted by atomic mass is 10.1. The summed E-state index contributed by atoms with van der Waals surface area (Å²) in [4.78, 5) is 29.5. The van der Waals surface area contributed by atoms with E-state index in [0.717, 1.165) is 10.4 Å². The monoisotopic (exact) mass is 343 g/mol. The van der Waals surface area contributed by atoms with Crippen LogP contribution in [0, 0.1) is 6.92 Å². The molecule has 3 aromatic rings. The Kier molecular flexibility index (Phi) is 4.22. The van der Waals surface area contributed by atoms with Crippen molar-refractivity contribution in [3.63, 3.8) is 0 Å². The van der Waals surface area contributed by atoms with Crippen LogP contribution in [0.2, 0.25) is 0 Å². The summed E-state index contributed by atoms with van der Waals surface area (Å²) in [6, 6.07) is 11.3. The summed E-state index contributed by atoms with van der Waals surface area (Å²) in [6.07, 6.45) is 0. The molecule has 1 aromatic carbocycles. The molecule has 0 radical (unpaired) electrons. The molecule has 0 unspecified atom stereocenters. The van der Waals surface area contributed by atoms with Gasteiger partial charge in [-0.25, -0.2) is 4.98 Å². The van der Waals surface area contributed by atoms with Crippen molar-refractivity contribution in [3.05, 3.63) is 58.0 Å². The Morgan fingerprint density at radius 3 is 2.57 bits per heavy atom. The van der Waals surface area contributed by atoms with E-state index in [1.807, 2.05) is 30.3 Å². The maximum Gasteiger partial charge on any atom is 0.268 e. The number of hydrogen-bond donors (Lipinski definition) is 2. The lowest BCUT2D eigenvalue weighted by Gasteiger charge is -2.03. The molecule has 116 valence electrons. The van der Waals surface area contributed by atoms with Crippen LogP contribution in [0.5, 0.6) is 0 Å². The first kappa shape index (κ1) is 15.4. The summed E-state index contributed by atoms with van der Waals surface area (Å²) < 4.78 is 0. The number of nitrogens with one attached hydrogen (secondary N) is 1. The highest BCUT2D eigenvalue weighted by atomic mass is 32.1. The topological polar surface area (TPSA) is 85.1 Å². The molecule has 2 aromatic heterocycles. The Bertz CT molecular complexity index is 869. The molecule has 0 bridgehead atoms. The Hall–Kier alpha value is -2.51. The van der Waals surface area contributed by atoms with E-state index in [2.05, 4.69) is 10.3 Å². The maximum absolute atomic E-state index is 12.3. The van der Waals surface area contributed by atoms with Crippen molar-refractivity contribution in [2.75, 3.05) is 5.32 Å². The van der Waals surface area contributed by atoms with Crippen molar-refractivity contribution in [1.82, 2.24) is 4.98 Å². The molecule has 7 heteroatoms. The number of thiophene rings is 1. The van der Waals surface area contributed by atoms with E-state index in [9.17, 15) is 9.59 Å². The minimum atomic E-state index is -0.570. The third-order valence-corrected chi connectivity index (χ3v) is 5.26. The number of nitrogens with zero attached hydrogens (tertiary/aromatic N) is 1. The number of hydrogen-bond acceptors (Lipinski definition) is 5. The van der Waals surface area contributed by atoms with Crippen molar-refractivity contribution in [1.29, 1.82) is 0 Å². The van der Waals surface area contributed by atoms with Crippen molar-refractivity contribution in [3.8, 4) is 10.4 Å². The van der Waals surface area contributed by atoms with Crippen molar-refractivity contribution >= 4 is 39.5 Å². The van der Waals surface area contributed by atoms with Gasteiger partial charge in [0.15, 0.2) is 0 Å². The predicted molar refractivity (Wildman–Crippen MR) is 93.1 cm³/mol. The van der Waals surface area contributed by atoms with Gasteiger partial charge in [-0.3, -0.25) is 9.59 Å². The average Bonchev–Trinajstić information content (AvgIpc) is 3.14. The third-order valence-electron chi connectivity index (χ3n) is 3.23. The third kappa shape index (κ3) is 3.15. The van der Waals surface area contributed by atoms with Gasteiger partial charge in [0.2, 0.25) is 0 Å². The molecule has 5 nitrogen and oxygen atoms in total. The molecule has 0 aliphatic rings. The molecule has 0 fully saturated rings. The number of carbonyl (C=O) groups excluding carboxylic acids is 2. The number of primary amides is 1. The van der Waals surface area contributed by atoms with Crippen LogP contribution in [-0.4, -0.2) is 16.8 Å². The van der Waals surface area contributed by atoms with Gasteiger partial charge in [-0.2, -0.15) is 0 Å². The second kappa shape index (κ2) is 6.31. The fourth-order valence-electron chi connectivity index (χ4n) is 2.09. The van der Waals surface area contributed by atoms with E-state index >= 15 is 0 Å². The molecule has 2 amide bonds. The van der Waals surface area contributed by atoms with Gasteiger partial charge >= 0.3 is 0 Å². The normalized spacial score (nSPS) is 10.5. The number of aromatic nitrogens is 1.